The molecule has 0 radical (unpaired) electrons. The first-order valence-corrected chi connectivity index (χ1v) is 17.0. The van der Waals surface area contributed by atoms with E-state index in [1.165, 1.54) is 27.4 Å². The van der Waals surface area contributed by atoms with Crippen molar-refractivity contribution in [3.05, 3.63) is 182 Å². The fourth-order valence-electron chi connectivity index (χ4n) is 7.55. The lowest BCUT2D eigenvalue weighted by atomic mass is 9.95. The molecular weight excluding hydrogens is 609 g/mol. The second-order valence-corrected chi connectivity index (χ2v) is 12.7. The van der Waals surface area contributed by atoms with E-state index in [-0.39, 0.29) is 0 Å². The zero-order chi connectivity index (χ0) is 33.0. The van der Waals surface area contributed by atoms with Crippen LogP contribution in [0.15, 0.2) is 186 Å². The highest BCUT2D eigenvalue weighted by atomic mass is 16.3. The van der Waals surface area contributed by atoms with Gasteiger partial charge in [-0.1, -0.05) is 133 Å². The molecule has 0 N–H and O–H groups in total. The van der Waals surface area contributed by atoms with Crippen molar-refractivity contribution in [3.63, 3.8) is 0 Å². The number of furan rings is 1. The maximum Gasteiger partial charge on any atom is 0.136 e. The molecule has 0 bridgehead atoms. The zero-order valence-electron chi connectivity index (χ0n) is 27.1. The van der Waals surface area contributed by atoms with E-state index in [1.807, 2.05) is 18.2 Å². The van der Waals surface area contributed by atoms with E-state index < -0.39 is 0 Å². The highest BCUT2D eigenvalue weighted by molar-refractivity contribution is 6.15. The summed E-state index contributed by atoms with van der Waals surface area (Å²) in [5.74, 6) is 0. The molecular formula is C47H30N2O. The molecule has 0 amide bonds. The van der Waals surface area contributed by atoms with Gasteiger partial charge in [-0.3, -0.25) is 0 Å². The van der Waals surface area contributed by atoms with Crippen molar-refractivity contribution in [1.82, 2.24) is 9.55 Å². The summed E-state index contributed by atoms with van der Waals surface area (Å²) in [6, 6.07) is 64.3. The predicted octanol–water partition coefficient (Wildman–Crippen LogP) is 12.7. The van der Waals surface area contributed by atoms with Crippen LogP contribution in [0.2, 0.25) is 0 Å². The highest BCUT2D eigenvalue weighted by Crippen LogP contribution is 2.42. The number of benzene rings is 7. The van der Waals surface area contributed by atoms with Gasteiger partial charge in [0.1, 0.15) is 11.2 Å². The summed E-state index contributed by atoms with van der Waals surface area (Å²) in [6.07, 6.45) is 0. The van der Waals surface area contributed by atoms with Crippen molar-refractivity contribution < 1.29 is 4.42 Å². The van der Waals surface area contributed by atoms with Crippen molar-refractivity contribution >= 4 is 43.7 Å². The van der Waals surface area contributed by atoms with Gasteiger partial charge in [-0.15, -0.1) is 0 Å². The average molecular weight is 639 g/mol. The Morgan fingerprint density at radius 2 is 1.02 bits per heavy atom. The Labute approximate surface area is 289 Å². The summed E-state index contributed by atoms with van der Waals surface area (Å²) < 4.78 is 8.74. The number of hydrogen-bond donors (Lipinski definition) is 0. The molecule has 10 rings (SSSR count). The summed E-state index contributed by atoms with van der Waals surface area (Å²) >= 11 is 0. The lowest BCUT2D eigenvalue weighted by Gasteiger charge is -2.15. The first-order chi connectivity index (χ1) is 24.8. The fourth-order valence-corrected chi connectivity index (χ4v) is 7.55. The molecule has 3 aromatic heterocycles. The van der Waals surface area contributed by atoms with Crippen LogP contribution in [-0.2, 0) is 0 Å². The molecule has 234 valence electrons. The van der Waals surface area contributed by atoms with Gasteiger partial charge in [0.05, 0.1) is 22.4 Å². The molecule has 50 heavy (non-hydrogen) atoms. The van der Waals surface area contributed by atoms with Crippen LogP contribution in [-0.4, -0.2) is 9.55 Å². The molecule has 0 aliphatic rings. The summed E-state index contributed by atoms with van der Waals surface area (Å²) in [7, 11) is 0. The number of hydrogen-bond acceptors (Lipinski definition) is 2. The number of aromatic nitrogens is 2. The van der Waals surface area contributed by atoms with Gasteiger partial charge < -0.3 is 8.98 Å². The quantitative estimate of drug-likeness (QED) is 0.188. The van der Waals surface area contributed by atoms with Crippen molar-refractivity contribution in [3.8, 4) is 50.5 Å². The minimum absolute atomic E-state index is 0.856. The van der Waals surface area contributed by atoms with E-state index in [1.54, 1.807) is 0 Å². The van der Waals surface area contributed by atoms with E-state index in [0.29, 0.717) is 0 Å². The van der Waals surface area contributed by atoms with Crippen molar-refractivity contribution in [1.29, 1.82) is 0 Å². The number of rotatable bonds is 5. The summed E-state index contributed by atoms with van der Waals surface area (Å²) in [6.45, 7) is 0. The molecule has 7 aromatic carbocycles. The number of fused-ring (bicyclic) bond motifs is 6. The van der Waals surface area contributed by atoms with Gasteiger partial charge >= 0.3 is 0 Å². The van der Waals surface area contributed by atoms with E-state index in [2.05, 4.69) is 168 Å². The van der Waals surface area contributed by atoms with Crippen molar-refractivity contribution in [2.45, 2.75) is 0 Å². The average Bonchev–Trinajstić information content (AvgIpc) is 3.75. The summed E-state index contributed by atoms with van der Waals surface area (Å²) in [5.41, 5.74) is 13.7. The minimum atomic E-state index is 0.856. The lowest BCUT2D eigenvalue weighted by Crippen LogP contribution is -1.96. The van der Waals surface area contributed by atoms with Crippen LogP contribution < -0.4 is 0 Å². The third-order valence-electron chi connectivity index (χ3n) is 9.79. The van der Waals surface area contributed by atoms with Crippen molar-refractivity contribution in [2.24, 2.45) is 0 Å². The van der Waals surface area contributed by atoms with Gasteiger partial charge in [0.15, 0.2) is 0 Å². The predicted molar refractivity (Wildman–Crippen MR) is 208 cm³/mol. The van der Waals surface area contributed by atoms with Gasteiger partial charge in [0, 0.05) is 43.9 Å². The van der Waals surface area contributed by atoms with Gasteiger partial charge in [-0.2, -0.15) is 0 Å². The Bertz CT molecular complexity index is 2860. The standard InChI is InChI=1S/C47H30N2O/c1-3-14-31(15-4-1)32-16-11-17-33(28-32)41-29-34(30-42(48-41)39-24-13-27-45-46(39)40-21-8-10-26-44(40)50-45)36-22-12-23-38-37-20-7-9-25-43(37)49(47(36)38)35-18-5-2-6-19-35/h1-30H. The van der Waals surface area contributed by atoms with Crippen molar-refractivity contribution in [2.75, 3.05) is 0 Å². The number of para-hydroxylation sites is 4. The Hall–Kier alpha value is -6.71. The Balaban J connectivity index is 1.28. The maximum absolute atomic E-state index is 6.33. The van der Waals surface area contributed by atoms with E-state index in [9.17, 15) is 0 Å². The zero-order valence-corrected chi connectivity index (χ0v) is 27.1. The first kappa shape index (κ1) is 28.3. The molecule has 3 heterocycles. The Morgan fingerprint density at radius 1 is 0.400 bits per heavy atom. The smallest absolute Gasteiger partial charge is 0.136 e. The van der Waals surface area contributed by atoms with Crippen LogP contribution in [0.4, 0.5) is 0 Å². The highest BCUT2D eigenvalue weighted by Gasteiger charge is 2.20. The molecule has 0 saturated heterocycles. The molecule has 10 aromatic rings. The fraction of sp³-hybridized carbons (Fsp3) is 0. The van der Waals surface area contributed by atoms with Crippen LogP contribution in [0.5, 0.6) is 0 Å². The third kappa shape index (κ3) is 4.56. The molecule has 3 heteroatoms. The lowest BCUT2D eigenvalue weighted by molar-refractivity contribution is 0.669. The minimum Gasteiger partial charge on any atom is -0.456 e. The van der Waals surface area contributed by atoms with Crippen LogP contribution in [0.25, 0.3) is 94.2 Å². The SMILES string of the molecule is c1ccc(-c2cccc(-c3cc(-c4cccc5c6ccccc6n(-c6ccccc6)c45)cc(-c4cccc5oc6ccccc6c45)n3)c2)cc1. The molecule has 0 fully saturated rings. The van der Waals surface area contributed by atoms with Gasteiger partial charge in [-0.05, 0) is 65.2 Å². The summed E-state index contributed by atoms with van der Waals surface area (Å²) in [4.78, 5) is 5.43. The topological polar surface area (TPSA) is 31.0 Å². The largest absolute Gasteiger partial charge is 0.456 e. The number of nitrogens with zero attached hydrogens (tertiary/aromatic N) is 2. The first-order valence-electron chi connectivity index (χ1n) is 17.0. The van der Waals surface area contributed by atoms with E-state index >= 15 is 0 Å². The van der Waals surface area contributed by atoms with Gasteiger partial charge in [-0.25, -0.2) is 4.98 Å². The molecule has 3 nitrogen and oxygen atoms in total. The molecule has 0 unspecified atom stereocenters. The van der Waals surface area contributed by atoms with Crippen LogP contribution in [0, 0.1) is 0 Å². The molecule has 0 aliphatic heterocycles. The monoisotopic (exact) mass is 638 g/mol. The van der Waals surface area contributed by atoms with Gasteiger partial charge in [0.25, 0.3) is 0 Å². The molecule has 0 aliphatic carbocycles. The van der Waals surface area contributed by atoms with Gasteiger partial charge in [0.2, 0.25) is 0 Å². The van der Waals surface area contributed by atoms with Crippen LogP contribution in [0.3, 0.4) is 0 Å². The van der Waals surface area contributed by atoms with Crippen LogP contribution in [0.1, 0.15) is 0 Å². The molecule has 0 saturated carbocycles. The van der Waals surface area contributed by atoms with Crippen LogP contribution >= 0.6 is 0 Å². The van der Waals surface area contributed by atoms with E-state index in [4.69, 9.17) is 9.40 Å². The van der Waals surface area contributed by atoms with E-state index in [0.717, 1.165) is 66.8 Å². The second-order valence-electron chi connectivity index (χ2n) is 12.7. The number of pyridine rings is 1. The maximum atomic E-state index is 6.33. The molecule has 0 atom stereocenters. The Kier molecular flexibility index (Phi) is 6.49. The third-order valence-corrected chi connectivity index (χ3v) is 9.79. The second kappa shape index (κ2) is 11.5. The summed E-state index contributed by atoms with van der Waals surface area (Å²) in [5, 5.41) is 4.61. The molecule has 0 spiro atoms. The Morgan fingerprint density at radius 3 is 1.90 bits per heavy atom. The normalized spacial score (nSPS) is 11.6.